The molecule has 0 radical (unpaired) electrons. The number of fused-ring (bicyclic) bond motifs is 2. The molecule has 0 aliphatic carbocycles. The molecule has 7 nitrogen and oxygen atoms in total. The molecule has 0 spiro atoms. The average Bonchev–Trinajstić information content (AvgIpc) is 3.18. The summed E-state index contributed by atoms with van der Waals surface area (Å²) in [4.78, 5) is 41.9. The van der Waals surface area contributed by atoms with E-state index < -0.39 is 6.04 Å². The third kappa shape index (κ3) is 4.31. The van der Waals surface area contributed by atoms with Crippen LogP contribution in [0, 0.1) is 0 Å². The fourth-order valence-electron chi connectivity index (χ4n) is 4.75. The zero-order valence-electron chi connectivity index (χ0n) is 19.8. The Kier molecular flexibility index (Phi) is 5.65. The molecule has 1 atom stereocenters. The number of para-hydroxylation sites is 1. The van der Waals surface area contributed by atoms with Crippen molar-refractivity contribution in [2.24, 2.45) is 0 Å². The van der Waals surface area contributed by atoms with E-state index in [1.165, 1.54) is 4.90 Å². The monoisotopic (exact) mass is 489 g/mol. The summed E-state index contributed by atoms with van der Waals surface area (Å²) in [5.74, 6) is 0.854. The highest BCUT2D eigenvalue weighted by Gasteiger charge is 2.47. The smallest absolute Gasteiger partial charge is 0.332 e. The van der Waals surface area contributed by atoms with E-state index >= 15 is 0 Å². The number of hydrogen-bond acceptors (Lipinski definition) is 4. The first-order chi connectivity index (χ1) is 18.1. The Hall–Kier alpha value is -4.91. The molecule has 1 N–H and O–H groups in total. The molecule has 1 fully saturated rings. The number of nitrogens with zero attached hydrogens (tertiary/aromatic N) is 2. The van der Waals surface area contributed by atoms with E-state index in [0.29, 0.717) is 35.7 Å². The summed E-state index contributed by atoms with van der Waals surface area (Å²) in [6.07, 6.45) is 0.507. The normalized spacial score (nSPS) is 16.3. The van der Waals surface area contributed by atoms with E-state index in [1.54, 1.807) is 53.4 Å². The number of ether oxygens (including phenoxy) is 1. The van der Waals surface area contributed by atoms with Gasteiger partial charge in [-0.25, -0.2) is 9.69 Å². The number of rotatable bonds is 5. The predicted octanol–water partition coefficient (Wildman–Crippen LogP) is 5.62. The van der Waals surface area contributed by atoms with Gasteiger partial charge in [0.1, 0.15) is 17.5 Å². The van der Waals surface area contributed by atoms with Crippen LogP contribution in [0.3, 0.4) is 0 Å². The molecule has 4 amide bonds. The van der Waals surface area contributed by atoms with Crippen molar-refractivity contribution in [1.82, 2.24) is 4.90 Å². The molecule has 0 saturated carbocycles. The molecule has 2 aliphatic heterocycles. The molecule has 7 heteroatoms. The SMILES string of the molecule is O=C(Nc1ccc(Oc2ccccc2)cc1)c1ccc(N2C(=O)C3Cc4ccccc4CN3C2=O)cc1. The van der Waals surface area contributed by atoms with E-state index in [2.05, 4.69) is 5.32 Å². The average molecular weight is 490 g/mol. The van der Waals surface area contributed by atoms with Gasteiger partial charge in [-0.2, -0.15) is 0 Å². The highest BCUT2D eigenvalue weighted by Crippen LogP contribution is 2.33. The van der Waals surface area contributed by atoms with E-state index in [-0.39, 0.29) is 17.8 Å². The van der Waals surface area contributed by atoms with Crippen LogP contribution in [0.4, 0.5) is 16.2 Å². The summed E-state index contributed by atoms with van der Waals surface area (Å²) < 4.78 is 5.78. The molecule has 6 rings (SSSR count). The summed E-state index contributed by atoms with van der Waals surface area (Å²) >= 11 is 0. The molecule has 2 heterocycles. The first-order valence-electron chi connectivity index (χ1n) is 12.0. The maximum Gasteiger partial charge on any atom is 0.332 e. The molecule has 1 saturated heterocycles. The third-order valence-electron chi connectivity index (χ3n) is 6.67. The Morgan fingerprint density at radius 1 is 0.757 bits per heavy atom. The van der Waals surface area contributed by atoms with Crippen LogP contribution >= 0.6 is 0 Å². The largest absolute Gasteiger partial charge is 0.457 e. The third-order valence-corrected chi connectivity index (χ3v) is 6.67. The van der Waals surface area contributed by atoms with Gasteiger partial charge in [0.05, 0.1) is 5.69 Å². The Balaban J connectivity index is 1.12. The molecular formula is C30H23N3O4. The molecular weight excluding hydrogens is 466 g/mol. The molecule has 0 bridgehead atoms. The molecule has 2 aliphatic rings. The van der Waals surface area contributed by atoms with Crippen LogP contribution in [0.5, 0.6) is 11.5 Å². The lowest BCUT2D eigenvalue weighted by molar-refractivity contribution is -0.120. The van der Waals surface area contributed by atoms with Crippen LogP contribution in [0.15, 0.2) is 103 Å². The zero-order chi connectivity index (χ0) is 25.4. The summed E-state index contributed by atoms with van der Waals surface area (Å²) in [5.41, 5.74) is 3.65. The standard InChI is InChI=1S/C30H23N3O4/c34-28(31-23-12-16-26(17-13-23)37-25-8-2-1-3-9-25)20-10-14-24(15-11-20)33-29(35)27-18-21-6-4-5-7-22(21)19-32(27)30(33)36/h1-17,27H,18-19H2,(H,31,34). The quantitative estimate of drug-likeness (QED) is 0.369. The van der Waals surface area contributed by atoms with Crippen LogP contribution in [-0.2, 0) is 17.8 Å². The van der Waals surface area contributed by atoms with Gasteiger partial charge in [0, 0.05) is 24.2 Å². The van der Waals surface area contributed by atoms with Crippen molar-refractivity contribution in [3.05, 3.63) is 120 Å². The molecule has 4 aromatic carbocycles. The minimum Gasteiger partial charge on any atom is -0.457 e. The molecule has 0 aromatic heterocycles. The second-order valence-corrected chi connectivity index (χ2v) is 9.01. The summed E-state index contributed by atoms with van der Waals surface area (Å²) in [5, 5.41) is 2.86. The van der Waals surface area contributed by atoms with Gasteiger partial charge in [0.2, 0.25) is 0 Å². The lowest BCUT2D eigenvalue weighted by Crippen LogP contribution is -2.39. The van der Waals surface area contributed by atoms with Gasteiger partial charge >= 0.3 is 6.03 Å². The molecule has 182 valence electrons. The predicted molar refractivity (Wildman–Crippen MR) is 140 cm³/mol. The first kappa shape index (κ1) is 22.5. The van der Waals surface area contributed by atoms with Crippen molar-refractivity contribution in [1.29, 1.82) is 0 Å². The van der Waals surface area contributed by atoms with Crippen molar-refractivity contribution in [3.63, 3.8) is 0 Å². The number of urea groups is 1. The van der Waals surface area contributed by atoms with Gasteiger partial charge in [0.15, 0.2) is 0 Å². The maximum atomic E-state index is 13.1. The van der Waals surface area contributed by atoms with E-state index in [0.717, 1.165) is 16.9 Å². The van der Waals surface area contributed by atoms with Gasteiger partial charge in [-0.3, -0.25) is 9.59 Å². The fourth-order valence-corrected chi connectivity index (χ4v) is 4.75. The molecule has 4 aromatic rings. The summed E-state index contributed by atoms with van der Waals surface area (Å²) in [6, 6.07) is 30.1. The lowest BCUT2D eigenvalue weighted by atomic mass is 9.95. The number of hydrogen-bond donors (Lipinski definition) is 1. The van der Waals surface area contributed by atoms with Crippen molar-refractivity contribution in [2.45, 2.75) is 19.0 Å². The van der Waals surface area contributed by atoms with Crippen LogP contribution in [0.1, 0.15) is 21.5 Å². The van der Waals surface area contributed by atoms with Crippen LogP contribution in [0.2, 0.25) is 0 Å². The molecule has 37 heavy (non-hydrogen) atoms. The van der Waals surface area contributed by atoms with E-state index in [9.17, 15) is 14.4 Å². The Bertz CT molecular complexity index is 1440. The number of carbonyl (C=O) groups is 3. The Morgan fingerprint density at radius 2 is 1.41 bits per heavy atom. The van der Waals surface area contributed by atoms with Crippen LogP contribution < -0.4 is 15.0 Å². The Morgan fingerprint density at radius 3 is 2.14 bits per heavy atom. The number of nitrogens with one attached hydrogen (secondary N) is 1. The lowest BCUT2D eigenvalue weighted by Gasteiger charge is -2.28. The van der Waals surface area contributed by atoms with Crippen LogP contribution in [-0.4, -0.2) is 28.8 Å². The number of amides is 4. The number of imide groups is 1. The molecule has 1 unspecified atom stereocenters. The van der Waals surface area contributed by atoms with Gasteiger partial charge in [0.25, 0.3) is 11.8 Å². The second kappa shape index (κ2) is 9.28. The van der Waals surface area contributed by atoms with Crippen molar-refractivity contribution >= 4 is 29.2 Å². The van der Waals surface area contributed by atoms with E-state index in [4.69, 9.17) is 4.74 Å². The number of benzene rings is 4. The highest BCUT2D eigenvalue weighted by molar-refractivity contribution is 6.21. The fraction of sp³-hybridized carbons (Fsp3) is 0.100. The van der Waals surface area contributed by atoms with E-state index in [1.807, 2.05) is 54.6 Å². The number of anilines is 2. The first-order valence-corrected chi connectivity index (χ1v) is 12.0. The van der Waals surface area contributed by atoms with Gasteiger partial charge in [-0.05, 0) is 71.8 Å². The summed E-state index contributed by atoms with van der Waals surface area (Å²) in [7, 11) is 0. The maximum absolute atomic E-state index is 13.1. The Labute approximate surface area is 213 Å². The van der Waals surface area contributed by atoms with Gasteiger partial charge in [-0.15, -0.1) is 0 Å². The summed E-state index contributed by atoms with van der Waals surface area (Å²) in [6.45, 7) is 0.414. The topological polar surface area (TPSA) is 79.0 Å². The van der Waals surface area contributed by atoms with Crippen molar-refractivity contribution in [2.75, 3.05) is 10.2 Å². The van der Waals surface area contributed by atoms with Gasteiger partial charge < -0.3 is 15.0 Å². The van der Waals surface area contributed by atoms with Gasteiger partial charge in [-0.1, -0.05) is 42.5 Å². The number of carbonyl (C=O) groups excluding carboxylic acids is 3. The van der Waals surface area contributed by atoms with Crippen molar-refractivity contribution < 1.29 is 19.1 Å². The zero-order valence-corrected chi connectivity index (χ0v) is 19.8. The van der Waals surface area contributed by atoms with Crippen molar-refractivity contribution in [3.8, 4) is 11.5 Å². The highest BCUT2D eigenvalue weighted by atomic mass is 16.5. The van der Waals surface area contributed by atoms with Crippen LogP contribution in [0.25, 0.3) is 0 Å². The minimum absolute atomic E-state index is 0.241. The second-order valence-electron chi connectivity index (χ2n) is 9.01. The minimum atomic E-state index is -0.501.